The van der Waals surface area contributed by atoms with Crippen LogP contribution >= 0.6 is 0 Å². The van der Waals surface area contributed by atoms with Crippen LogP contribution in [0.3, 0.4) is 0 Å². The monoisotopic (exact) mass is 402 g/mol. The fourth-order valence-corrected chi connectivity index (χ4v) is 3.63. The van der Waals surface area contributed by atoms with E-state index in [9.17, 15) is 5.26 Å². The molecule has 1 atom stereocenters. The Balaban J connectivity index is 1.71. The third kappa shape index (κ3) is 3.44. The SMILES string of the molecule is CCc1[nH]nc2c1[C@H](c1ccc(OCc3ccccc3)c(OC)c1)C(C#N)=C(N)O2. The number of ether oxygens (including phenoxy) is 3. The molecule has 2 heterocycles. The Kier molecular flexibility index (Phi) is 5.31. The maximum Gasteiger partial charge on any atom is 0.244 e. The number of H-pyrrole nitrogens is 1. The fourth-order valence-electron chi connectivity index (χ4n) is 3.63. The number of methoxy groups -OCH3 is 1. The highest BCUT2D eigenvalue weighted by Gasteiger charge is 2.35. The molecule has 1 aromatic heterocycles. The summed E-state index contributed by atoms with van der Waals surface area (Å²) >= 11 is 0. The Bertz CT molecular complexity index is 1130. The van der Waals surface area contributed by atoms with Crippen molar-refractivity contribution in [2.24, 2.45) is 5.73 Å². The lowest BCUT2D eigenvalue weighted by Crippen LogP contribution is -2.21. The number of nitriles is 1. The number of aromatic nitrogens is 2. The van der Waals surface area contributed by atoms with Crippen LogP contribution in [0.15, 0.2) is 60.0 Å². The average molecular weight is 402 g/mol. The first-order chi connectivity index (χ1) is 14.7. The Morgan fingerprint density at radius 1 is 1.20 bits per heavy atom. The summed E-state index contributed by atoms with van der Waals surface area (Å²) in [6.07, 6.45) is 0.718. The number of aryl methyl sites for hydroxylation is 1. The van der Waals surface area contributed by atoms with Crippen LogP contribution < -0.4 is 19.9 Å². The van der Waals surface area contributed by atoms with Crippen molar-refractivity contribution in [2.75, 3.05) is 7.11 Å². The second kappa shape index (κ2) is 8.21. The van der Waals surface area contributed by atoms with Crippen molar-refractivity contribution < 1.29 is 14.2 Å². The molecule has 0 aliphatic carbocycles. The Labute approximate surface area is 174 Å². The van der Waals surface area contributed by atoms with Crippen molar-refractivity contribution in [2.45, 2.75) is 25.9 Å². The summed E-state index contributed by atoms with van der Waals surface area (Å²) in [4.78, 5) is 0. The second-order valence-electron chi connectivity index (χ2n) is 6.88. The molecule has 30 heavy (non-hydrogen) atoms. The van der Waals surface area contributed by atoms with E-state index in [4.69, 9.17) is 19.9 Å². The summed E-state index contributed by atoms with van der Waals surface area (Å²) in [5.74, 6) is 1.26. The summed E-state index contributed by atoms with van der Waals surface area (Å²) in [5, 5.41) is 17.0. The van der Waals surface area contributed by atoms with Crippen molar-refractivity contribution in [1.29, 1.82) is 5.26 Å². The zero-order valence-corrected chi connectivity index (χ0v) is 16.8. The standard InChI is InChI=1S/C23H22N4O3/c1-3-17-21-20(16(12-24)22(25)30-23(21)27-26-17)15-9-10-18(19(11-15)28-2)29-13-14-7-5-4-6-8-14/h4-11,20H,3,13,25H2,1-2H3,(H,26,27)/t20-/m1/s1. The minimum atomic E-state index is -0.399. The number of nitrogens with zero attached hydrogens (tertiary/aromatic N) is 2. The van der Waals surface area contributed by atoms with Gasteiger partial charge in [0.05, 0.1) is 13.0 Å². The van der Waals surface area contributed by atoms with Crippen LogP contribution in [0.1, 0.15) is 35.2 Å². The molecule has 0 fully saturated rings. The third-order valence-corrected chi connectivity index (χ3v) is 5.13. The van der Waals surface area contributed by atoms with E-state index >= 15 is 0 Å². The van der Waals surface area contributed by atoms with Gasteiger partial charge in [-0.3, -0.25) is 5.10 Å². The number of nitrogens with one attached hydrogen (secondary N) is 1. The van der Waals surface area contributed by atoms with Gasteiger partial charge in [0.2, 0.25) is 11.8 Å². The third-order valence-electron chi connectivity index (χ3n) is 5.13. The zero-order valence-electron chi connectivity index (χ0n) is 16.8. The van der Waals surface area contributed by atoms with E-state index in [2.05, 4.69) is 16.3 Å². The maximum absolute atomic E-state index is 9.76. The van der Waals surface area contributed by atoms with Crippen LogP contribution in [0.5, 0.6) is 17.4 Å². The first-order valence-corrected chi connectivity index (χ1v) is 9.65. The Morgan fingerprint density at radius 2 is 2.00 bits per heavy atom. The first kappa shape index (κ1) is 19.4. The number of aromatic amines is 1. The van der Waals surface area contributed by atoms with Gasteiger partial charge in [0, 0.05) is 11.3 Å². The Morgan fingerprint density at radius 3 is 2.70 bits per heavy atom. The number of nitrogens with two attached hydrogens (primary N) is 1. The smallest absolute Gasteiger partial charge is 0.244 e. The molecule has 7 heteroatoms. The Hall–Kier alpha value is -3.92. The highest BCUT2D eigenvalue weighted by atomic mass is 16.5. The largest absolute Gasteiger partial charge is 0.493 e. The van der Waals surface area contributed by atoms with Gasteiger partial charge < -0.3 is 19.9 Å². The molecule has 0 amide bonds. The van der Waals surface area contributed by atoms with E-state index in [1.165, 1.54) is 0 Å². The number of allylic oxidation sites excluding steroid dienone is 1. The number of fused-ring (bicyclic) bond motifs is 1. The normalized spacial score (nSPS) is 15.2. The minimum Gasteiger partial charge on any atom is -0.493 e. The van der Waals surface area contributed by atoms with Gasteiger partial charge in [0.15, 0.2) is 11.5 Å². The molecule has 0 radical (unpaired) electrons. The number of benzene rings is 2. The van der Waals surface area contributed by atoms with Gasteiger partial charge in [-0.05, 0) is 29.7 Å². The van der Waals surface area contributed by atoms with Gasteiger partial charge in [-0.25, -0.2) is 0 Å². The lowest BCUT2D eigenvalue weighted by molar-refractivity contribution is 0.284. The van der Waals surface area contributed by atoms with E-state index in [1.54, 1.807) is 7.11 Å². The quantitative estimate of drug-likeness (QED) is 0.650. The van der Waals surface area contributed by atoms with E-state index in [1.807, 2.05) is 55.5 Å². The molecule has 0 bridgehead atoms. The summed E-state index contributed by atoms with van der Waals surface area (Å²) in [6, 6.07) is 17.7. The molecular weight excluding hydrogens is 380 g/mol. The molecule has 0 spiro atoms. The maximum atomic E-state index is 9.76. The molecule has 3 aromatic rings. The molecule has 1 aliphatic heterocycles. The second-order valence-corrected chi connectivity index (χ2v) is 6.88. The molecule has 1 aliphatic rings. The topological polar surface area (TPSA) is 106 Å². The van der Waals surface area contributed by atoms with Gasteiger partial charge in [-0.2, -0.15) is 5.26 Å². The average Bonchev–Trinajstić information content (AvgIpc) is 3.19. The highest BCUT2D eigenvalue weighted by molar-refractivity contribution is 5.57. The van der Waals surface area contributed by atoms with Crippen LogP contribution in [0, 0.1) is 11.3 Å². The summed E-state index contributed by atoms with van der Waals surface area (Å²) < 4.78 is 17.1. The summed E-state index contributed by atoms with van der Waals surface area (Å²) in [6.45, 7) is 2.44. The molecule has 2 aromatic carbocycles. The van der Waals surface area contributed by atoms with Crippen molar-refractivity contribution in [3.63, 3.8) is 0 Å². The fraction of sp³-hybridized carbons (Fsp3) is 0.217. The molecule has 3 N–H and O–H groups in total. The van der Waals surface area contributed by atoms with Gasteiger partial charge in [0.1, 0.15) is 18.2 Å². The molecule has 0 saturated heterocycles. The lowest BCUT2D eigenvalue weighted by Gasteiger charge is -2.24. The molecule has 0 unspecified atom stereocenters. The van der Waals surface area contributed by atoms with Gasteiger partial charge in [0.25, 0.3) is 0 Å². The van der Waals surface area contributed by atoms with Crippen molar-refractivity contribution >= 4 is 0 Å². The van der Waals surface area contributed by atoms with E-state index < -0.39 is 5.92 Å². The first-order valence-electron chi connectivity index (χ1n) is 9.65. The van der Waals surface area contributed by atoms with E-state index in [-0.39, 0.29) is 5.88 Å². The highest BCUT2D eigenvalue weighted by Crippen LogP contribution is 2.44. The van der Waals surface area contributed by atoms with Gasteiger partial charge in [-0.15, -0.1) is 5.10 Å². The van der Waals surface area contributed by atoms with E-state index in [0.717, 1.165) is 28.8 Å². The van der Waals surface area contributed by atoms with Crippen LogP contribution in [0.4, 0.5) is 0 Å². The summed E-state index contributed by atoms with van der Waals surface area (Å²) in [5.41, 5.74) is 10.00. The van der Waals surface area contributed by atoms with Crippen LogP contribution in [-0.2, 0) is 13.0 Å². The van der Waals surface area contributed by atoms with E-state index in [0.29, 0.717) is 29.6 Å². The van der Waals surface area contributed by atoms with Gasteiger partial charge in [-0.1, -0.05) is 43.3 Å². The van der Waals surface area contributed by atoms with Crippen molar-refractivity contribution in [3.8, 4) is 23.4 Å². The van der Waals surface area contributed by atoms with Gasteiger partial charge >= 0.3 is 0 Å². The molecule has 4 rings (SSSR count). The predicted octanol–water partition coefficient (Wildman–Crippen LogP) is 3.78. The number of hydrogen-bond donors (Lipinski definition) is 2. The zero-order chi connectivity index (χ0) is 21.1. The lowest BCUT2D eigenvalue weighted by atomic mass is 9.83. The molecule has 7 nitrogen and oxygen atoms in total. The molecule has 0 saturated carbocycles. The summed E-state index contributed by atoms with van der Waals surface area (Å²) in [7, 11) is 1.59. The van der Waals surface area contributed by atoms with Crippen LogP contribution in [-0.4, -0.2) is 17.3 Å². The van der Waals surface area contributed by atoms with Crippen molar-refractivity contribution in [1.82, 2.24) is 10.2 Å². The van der Waals surface area contributed by atoms with Crippen LogP contribution in [0.2, 0.25) is 0 Å². The van der Waals surface area contributed by atoms with Crippen LogP contribution in [0.25, 0.3) is 0 Å². The molecular formula is C23H22N4O3. The van der Waals surface area contributed by atoms with Crippen molar-refractivity contribution in [3.05, 3.63) is 82.4 Å². The number of hydrogen-bond acceptors (Lipinski definition) is 6. The minimum absolute atomic E-state index is 0.0625. The number of rotatable bonds is 6. The molecule has 152 valence electrons. The predicted molar refractivity (Wildman–Crippen MR) is 111 cm³/mol.